The summed E-state index contributed by atoms with van der Waals surface area (Å²) in [5.41, 5.74) is 0.564. The van der Waals surface area contributed by atoms with E-state index in [2.05, 4.69) is 10.1 Å². The van der Waals surface area contributed by atoms with E-state index in [1.807, 2.05) is 6.07 Å². The van der Waals surface area contributed by atoms with Crippen molar-refractivity contribution in [3.63, 3.8) is 0 Å². The Kier molecular flexibility index (Phi) is 4.74. The highest BCUT2D eigenvalue weighted by atomic mass is 16.5. The number of aliphatic hydroxyl groups is 1. The van der Waals surface area contributed by atoms with Gasteiger partial charge in [-0.3, -0.25) is 4.79 Å². The van der Waals surface area contributed by atoms with Gasteiger partial charge >= 0.3 is 5.97 Å². The van der Waals surface area contributed by atoms with Gasteiger partial charge in [-0.15, -0.1) is 0 Å². The fraction of sp³-hybridized carbons (Fsp3) is 0.467. The first-order valence-corrected chi connectivity index (χ1v) is 6.72. The van der Waals surface area contributed by atoms with Gasteiger partial charge in [-0.25, -0.2) is 4.79 Å². The number of esters is 1. The second-order valence-corrected chi connectivity index (χ2v) is 5.07. The number of carbonyl (C=O) groups excluding carboxylic acids is 2. The van der Waals surface area contributed by atoms with Crippen molar-refractivity contribution in [2.24, 2.45) is 5.92 Å². The molecule has 1 aromatic carbocycles. The molecular weight excluding hydrogens is 258 g/mol. The Morgan fingerprint density at radius 1 is 1.35 bits per heavy atom. The Morgan fingerprint density at radius 3 is 2.55 bits per heavy atom. The maximum absolute atomic E-state index is 11.8. The molecule has 0 saturated heterocycles. The fourth-order valence-corrected chi connectivity index (χ4v) is 2.05. The molecule has 0 radical (unpaired) electrons. The number of rotatable bonds is 6. The monoisotopic (exact) mass is 277 g/mol. The topological polar surface area (TPSA) is 75.6 Å². The molecule has 1 aromatic rings. The van der Waals surface area contributed by atoms with Crippen LogP contribution in [0.4, 0.5) is 0 Å². The van der Waals surface area contributed by atoms with Crippen molar-refractivity contribution in [2.75, 3.05) is 7.11 Å². The van der Waals surface area contributed by atoms with Crippen LogP contribution in [0.15, 0.2) is 30.3 Å². The van der Waals surface area contributed by atoms with Crippen LogP contribution in [0.5, 0.6) is 0 Å². The van der Waals surface area contributed by atoms with E-state index in [-0.39, 0.29) is 5.91 Å². The molecule has 0 spiro atoms. The number of methoxy groups -OCH3 is 1. The van der Waals surface area contributed by atoms with E-state index in [9.17, 15) is 14.7 Å². The molecule has 1 saturated carbocycles. The van der Waals surface area contributed by atoms with Gasteiger partial charge in [0.2, 0.25) is 5.91 Å². The Balaban J connectivity index is 2.05. The van der Waals surface area contributed by atoms with Crippen molar-refractivity contribution in [3.8, 4) is 0 Å². The average molecular weight is 277 g/mol. The fourth-order valence-electron chi connectivity index (χ4n) is 2.05. The first-order valence-electron chi connectivity index (χ1n) is 6.72. The van der Waals surface area contributed by atoms with E-state index < -0.39 is 18.1 Å². The molecule has 0 bridgehead atoms. The standard InChI is InChI=1S/C15H19NO4/c1-20-15(19)13(16-12(17)9-10-7-8-10)14(18)11-5-3-2-4-6-11/h2-6,10,13-14,18H,7-9H2,1H3,(H,16,17)/t13-,14-/m0/s1. The molecule has 20 heavy (non-hydrogen) atoms. The molecule has 1 aliphatic carbocycles. The van der Waals surface area contributed by atoms with Crippen LogP contribution in [0, 0.1) is 5.92 Å². The zero-order chi connectivity index (χ0) is 14.5. The highest BCUT2D eigenvalue weighted by molar-refractivity contribution is 5.85. The number of amides is 1. The largest absolute Gasteiger partial charge is 0.467 e. The highest BCUT2D eigenvalue weighted by Gasteiger charge is 2.32. The molecule has 1 fully saturated rings. The molecule has 2 rings (SSSR count). The second-order valence-electron chi connectivity index (χ2n) is 5.07. The van der Waals surface area contributed by atoms with E-state index in [4.69, 9.17) is 0 Å². The molecule has 0 aromatic heterocycles. The third-order valence-electron chi connectivity index (χ3n) is 3.40. The van der Waals surface area contributed by atoms with Gasteiger partial charge in [0, 0.05) is 6.42 Å². The van der Waals surface area contributed by atoms with Gasteiger partial charge in [0.1, 0.15) is 6.10 Å². The number of hydrogen-bond acceptors (Lipinski definition) is 4. The van der Waals surface area contributed by atoms with Crippen LogP contribution in [0.1, 0.15) is 30.9 Å². The minimum absolute atomic E-state index is 0.224. The van der Waals surface area contributed by atoms with E-state index in [0.717, 1.165) is 12.8 Å². The number of benzene rings is 1. The van der Waals surface area contributed by atoms with Crippen LogP contribution in [-0.4, -0.2) is 30.1 Å². The predicted molar refractivity (Wildman–Crippen MR) is 72.7 cm³/mol. The summed E-state index contributed by atoms with van der Waals surface area (Å²) in [6.45, 7) is 0. The van der Waals surface area contributed by atoms with Gasteiger partial charge in [0.25, 0.3) is 0 Å². The lowest BCUT2D eigenvalue weighted by Crippen LogP contribution is -2.45. The van der Waals surface area contributed by atoms with Crippen LogP contribution in [0.25, 0.3) is 0 Å². The first-order chi connectivity index (χ1) is 9.61. The lowest BCUT2D eigenvalue weighted by atomic mass is 10.0. The lowest BCUT2D eigenvalue weighted by molar-refractivity contribution is -0.148. The number of nitrogens with one attached hydrogen (secondary N) is 1. The third kappa shape index (κ3) is 3.81. The normalized spacial score (nSPS) is 17.1. The molecule has 108 valence electrons. The maximum Gasteiger partial charge on any atom is 0.331 e. The molecule has 0 heterocycles. The molecule has 1 aliphatic rings. The predicted octanol–water partition coefficient (Wildman–Crippen LogP) is 1.18. The summed E-state index contributed by atoms with van der Waals surface area (Å²) in [5, 5.41) is 12.8. The number of aliphatic hydroxyl groups excluding tert-OH is 1. The van der Waals surface area contributed by atoms with Gasteiger partial charge in [-0.1, -0.05) is 30.3 Å². The second kappa shape index (κ2) is 6.52. The van der Waals surface area contributed by atoms with Crippen molar-refractivity contribution in [1.29, 1.82) is 0 Å². The van der Waals surface area contributed by atoms with Gasteiger partial charge < -0.3 is 15.2 Å². The number of hydrogen-bond donors (Lipinski definition) is 2. The maximum atomic E-state index is 11.8. The quantitative estimate of drug-likeness (QED) is 0.766. The van der Waals surface area contributed by atoms with E-state index in [1.54, 1.807) is 24.3 Å². The van der Waals surface area contributed by atoms with Crippen LogP contribution in [-0.2, 0) is 14.3 Å². The summed E-state index contributed by atoms with van der Waals surface area (Å²) < 4.78 is 4.66. The van der Waals surface area contributed by atoms with Gasteiger partial charge in [-0.2, -0.15) is 0 Å². The van der Waals surface area contributed by atoms with Crippen LogP contribution in [0.2, 0.25) is 0 Å². The Morgan fingerprint density at radius 2 is 2.00 bits per heavy atom. The molecule has 1 amide bonds. The molecule has 5 nitrogen and oxygen atoms in total. The van der Waals surface area contributed by atoms with Crippen LogP contribution >= 0.6 is 0 Å². The summed E-state index contributed by atoms with van der Waals surface area (Å²) in [6, 6.07) is 7.67. The average Bonchev–Trinajstić information content (AvgIpc) is 3.28. The van der Waals surface area contributed by atoms with Crippen LogP contribution in [0.3, 0.4) is 0 Å². The number of carbonyl (C=O) groups is 2. The van der Waals surface area contributed by atoms with Crippen LogP contribution < -0.4 is 5.32 Å². The molecule has 0 unspecified atom stereocenters. The molecule has 2 atom stereocenters. The molecular formula is C15H19NO4. The minimum Gasteiger partial charge on any atom is -0.467 e. The van der Waals surface area contributed by atoms with Crippen molar-refractivity contribution >= 4 is 11.9 Å². The first kappa shape index (κ1) is 14.5. The van der Waals surface area contributed by atoms with Gasteiger partial charge in [0.05, 0.1) is 7.11 Å². The van der Waals surface area contributed by atoms with Gasteiger partial charge in [0.15, 0.2) is 6.04 Å². The van der Waals surface area contributed by atoms with E-state index in [1.165, 1.54) is 7.11 Å². The molecule has 0 aliphatic heterocycles. The van der Waals surface area contributed by atoms with Gasteiger partial charge in [-0.05, 0) is 24.3 Å². The molecule has 2 N–H and O–H groups in total. The summed E-state index contributed by atoms with van der Waals surface area (Å²) in [4.78, 5) is 23.6. The summed E-state index contributed by atoms with van der Waals surface area (Å²) >= 11 is 0. The van der Waals surface area contributed by atoms with Crippen molar-refractivity contribution < 1.29 is 19.4 Å². The summed E-state index contributed by atoms with van der Waals surface area (Å²) in [6.07, 6.45) is 1.39. The Labute approximate surface area is 117 Å². The number of ether oxygens (including phenoxy) is 1. The smallest absolute Gasteiger partial charge is 0.331 e. The van der Waals surface area contributed by atoms with Crippen molar-refractivity contribution in [1.82, 2.24) is 5.32 Å². The SMILES string of the molecule is COC(=O)[C@@H](NC(=O)CC1CC1)[C@@H](O)c1ccccc1. The highest BCUT2D eigenvalue weighted by Crippen LogP contribution is 2.32. The van der Waals surface area contributed by atoms with E-state index in [0.29, 0.717) is 17.9 Å². The summed E-state index contributed by atoms with van der Waals surface area (Å²) in [5.74, 6) is -0.453. The van der Waals surface area contributed by atoms with Crippen molar-refractivity contribution in [2.45, 2.75) is 31.4 Å². The summed E-state index contributed by atoms with van der Waals surface area (Å²) in [7, 11) is 1.24. The van der Waals surface area contributed by atoms with Crippen molar-refractivity contribution in [3.05, 3.63) is 35.9 Å². The zero-order valence-corrected chi connectivity index (χ0v) is 11.4. The Hall–Kier alpha value is -1.88. The Bertz CT molecular complexity index is 470. The van der Waals surface area contributed by atoms with E-state index >= 15 is 0 Å². The lowest BCUT2D eigenvalue weighted by Gasteiger charge is -2.22. The molecule has 5 heteroatoms. The third-order valence-corrected chi connectivity index (χ3v) is 3.40. The minimum atomic E-state index is -1.12. The zero-order valence-electron chi connectivity index (χ0n) is 11.4.